The molecule has 0 saturated carbocycles. The highest BCUT2D eigenvalue weighted by atomic mass is 32.2. The van der Waals surface area contributed by atoms with E-state index in [-0.39, 0.29) is 11.8 Å². The van der Waals surface area contributed by atoms with Crippen molar-refractivity contribution in [1.82, 2.24) is 5.32 Å². The van der Waals surface area contributed by atoms with Gasteiger partial charge >= 0.3 is 0 Å². The second-order valence-corrected chi connectivity index (χ2v) is 6.87. The van der Waals surface area contributed by atoms with E-state index in [1.165, 1.54) is 11.8 Å². The van der Waals surface area contributed by atoms with Crippen molar-refractivity contribution >= 4 is 21.2 Å². The number of hydrogen-bond acceptors (Lipinski definition) is 4. The van der Waals surface area contributed by atoms with E-state index < -0.39 is 9.84 Å². The van der Waals surface area contributed by atoms with Gasteiger partial charge in [-0.15, -0.1) is 0 Å². The van der Waals surface area contributed by atoms with Crippen molar-refractivity contribution in [3.63, 3.8) is 0 Å². The maximum atomic E-state index is 10.9. The van der Waals surface area contributed by atoms with Crippen molar-refractivity contribution in [3.05, 3.63) is 22.4 Å². The number of sulfone groups is 1. The lowest BCUT2D eigenvalue weighted by Gasteiger charge is -2.12. The monoisotopic (exact) mass is 247 g/mol. The molecule has 1 heterocycles. The van der Waals surface area contributed by atoms with Crippen molar-refractivity contribution in [2.45, 2.75) is 25.9 Å². The van der Waals surface area contributed by atoms with Gasteiger partial charge in [-0.3, -0.25) is 0 Å². The van der Waals surface area contributed by atoms with Gasteiger partial charge in [-0.05, 0) is 35.7 Å². The predicted molar refractivity (Wildman–Crippen MR) is 64.9 cm³/mol. The van der Waals surface area contributed by atoms with Crippen LogP contribution in [0.5, 0.6) is 0 Å². The first-order valence-electron chi connectivity index (χ1n) is 4.89. The summed E-state index contributed by atoms with van der Waals surface area (Å²) in [5.41, 5.74) is 1.26. The molecule has 0 aliphatic rings. The first kappa shape index (κ1) is 12.7. The third-order valence-corrected chi connectivity index (χ3v) is 3.87. The maximum Gasteiger partial charge on any atom is 0.147 e. The summed E-state index contributed by atoms with van der Waals surface area (Å²) in [7, 11) is -2.83. The molecule has 0 fully saturated rings. The first-order valence-corrected chi connectivity index (χ1v) is 7.90. The third kappa shape index (κ3) is 5.92. The van der Waals surface area contributed by atoms with Crippen LogP contribution in [0, 0.1) is 0 Å². The molecule has 1 unspecified atom stereocenters. The molecule has 0 aliphatic carbocycles. The van der Waals surface area contributed by atoms with Crippen LogP contribution in [-0.2, 0) is 16.4 Å². The second-order valence-electron chi connectivity index (χ2n) is 3.83. The van der Waals surface area contributed by atoms with Crippen molar-refractivity contribution < 1.29 is 8.42 Å². The van der Waals surface area contributed by atoms with Crippen molar-refractivity contribution in [3.8, 4) is 0 Å². The van der Waals surface area contributed by atoms with Crippen LogP contribution in [0.1, 0.15) is 18.9 Å². The fourth-order valence-corrected chi connectivity index (χ4v) is 2.63. The van der Waals surface area contributed by atoms with E-state index in [1.807, 2.05) is 12.3 Å². The van der Waals surface area contributed by atoms with Crippen LogP contribution in [0.3, 0.4) is 0 Å². The van der Waals surface area contributed by atoms with E-state index in [0.717, 1.165) is 6.54 Å². The lowest BCUT2D eigenvalue weighted by atomic mass is 10.2. The van der Waals surface area contributed by atoms with Crippen LogP contribution in [0.15, 0.2) is 16.8 Å². The Hall–Kier alpha value is -0.390. The molecule has 0 bridgehead atoms. The minimum atomic E-state index is -2.83. The van der Waals surface area contributed by atoms with Crippen LogP contribution in [0.4, 0.5) is 0 Å². The molecule has 0 amide bonds. The molecule has 1 N–H and O–H groups in total. The molecule has 0 aromatic carbocycles. The maximum absolute atomic E-state index is 10.9. The van der Waals surface area contributed by atoms with Crippen LogP contribution >= 0.6 is 11.3 Å². The van der Waals surface area contributed by atoms with Crippen LogP contribution in [-0.4, -0.2) is 26.5 Å². The highest BCUT2D eigenvalue weighted by molar-refractivity contribution is 7.90. The summed E-state index contributed by atoms with van der Waals surface area (Å²) in [5, 5.41) is 7.43. The number of hydrogen-bond donors (Lipinski definition) is 1. The Morgan fingerprint density at radius 1 is 1.53 bits per heavy atom. The highest BCUT2D eigenvalue weighted by Crippen LogP contribution is 2.06. The molecule has 1 atom stereocenters. The van der Waals surface area contributed by atoms with Gasteiger partial charge < -0.3 is 5.32 Å². The quantitative estimate of drug-likeness (QED) is 0.831. The Morgan fingerprint density at radius 3 is 2.80 bits per heavy atom. The lowest BCUT2D eigenvalue weighted by Crippen LogP contribution is -2.27. The first-order chi connectivity index (χ1) is 6.97. The van der Waals surface area contributed by atoms with E-state index >= 15 is 0 Å². The van der Waals surface area contributed by atoms with Crippen molar-refractivity contribution in [2.75, 3.05) is 12.0 Å². The number of rotatable bonds is 6. The van der Waals surface area contributed by atoms with Gasteiger partial charge in [0.15, 0.2) is 0 Å². The number of thiophene rings is 1. The molecule has 86 valence electrons. The summed E-state index contributed by atoms with van der Waals surface area (Å²) in [6.45, 7) is 2.83. The Labute approximate surface area is 95.4 Å². The molecule has 15 heavy (non-hydrogen) atoms. The lowest BCUT2D eigenvalue weighted by molar-refractivity contribution is 0.528. The molecule has 0 saturated heterocycles. The van der Waals surface area contributed by atoms with Gasteiger partial charge in [-0.1, -0.05) is 0 Å². The van der Waals surface area contributed by atoms with Gasteiger partial charge in [0.25, 0.3) is 0 Å². The van der Waals surface area contributed by atoms with Crippen LogP contribution < -0.4 is 5.32 Å². The van der Waals surface area contributed by atoms with Gasteiger partial charge in [-0.25, -0.2) is 8.42 Å². The molecule has 0 radical (unpaired) electrons. The third-order valence-electron chi connectivity index (χ3n) is 2.16. The number of nitrogens with one attached hydrogen (secondary N) is 1. The minimum Gasteiger partial charge on any atom is -0.310 e. The molecule has 1 aromatic rings. The van der Waals surface area contributed by atoms with E-state index in [2.05, 4.69) is 16.8 Å². The smallest absolute Gasteiger partial charge is 0.147 e. The summed E-state index contributed by atoms with van der Waals surface area (Å²) in [6.07, 6.45) is 1.95. The molecule has 3 nitrogen and oxygen atoms in total. The predicted octanol–water partition coefficient (Wildman–Crippen LogP) is 1.66. The van der Waals surface area contributed by atoms with Crippen molar-refractivity contribution in [1.29, 1.82) is 0 Å². The SMILES string of the molecule is CC(CCS(C)(=O)=O)NCc1ccsc1. The zero-order chi connectivity index (χ0) is 11.3. The summed E-state index contributed by atoms with van der Waals surface area (Å²) >= 11 is 1.67. The van der Waals surface area contributed by atoms with Gasteiger partial charge in [0, 0.05) is 18.8 Å². The average Bonchev–Trinajstić information content (AvgIpc) is 2.62. The van der Waals surface area contributed by atoms with Gasteiger partial charge in [0.05, 0.1) is 5.75 Å². The van der Waals surface area contributed by atoms with E-state index in [4.69, 9.17) is 0 Å². The fourth-order valence-electron chi connectivity index (χ4n) is 1.18. The Balaban J connectivity index is 2.22. The Kier molecular flexibility index (Phi) is 4.76. The second kappa shape index (κ2) is 5.63. The Bertz CT molecular complexity index is 370. The van der Waals surface area contributed by atoms with Crippen molar-refractivity contribution in [2.24, 2.45) is 0 Å². The highest BCUT2D eigenvalue weighted by Gasteiger charge is 2.07. The largest absolute Gasteiger partial charge is 0.310 e. The molecule has 1 aromatic heterocycles. The molecule has 0 aliphatic heterocycles. The van der Waals surface area contributed by atoms with Crippen LogP contribution in [0.2, 0.25) is 0 Å². The molecule has 1 rings (SSSR count). The summed E-state index contributed by atoms with van der Waals surface area (Å²) < 4.78 is 21.9. The van der Waals surface area contributed by atoms with E-state index in [1.54, 1.807) is 11.3 Å². The standard InChI is InChI=1S/C10H17NO2S2/c1-9(4-6-15(2,12)13)11-7-10-3-5-14-8-10/h3,5,8-9,11H,4,6-7H2,1-2H3. The summed E-state index contributed by atoms with van der Waals surface area (Å²) in [4.78, 5) is 0. The van der Waals surface area contributed by atoms with E-state index in [0.29, 0.717) is 6.42 Å². The van der Waals surface area contributed by atoms with Gasteiger partial charge in [0.1, 0.15) is 9.84 Å². The summed E-state index contributed by atoms with van der Waals surface area (Å²) in [5.74, 6) is 0.255. The summed E-state index contributed by atoms with van der Waals surface area (Å²) in [6, 6.07) is 2.31. The average molecular weight is 247 g/mol. The Morgan fingerprint density at radius 2 is 2.27 bits per heavy atom. The van der Waals surface area contributed by atoms with Gasteiger partial charge in [0.2, 0.25) is 0 Å². The zero-order valence-corrected chi connectivity index (χ0v) is 10.7. The fraction of sp³-hybridized carbons (Fsp3) is 0.600. The molecule has 5 heteroatoms. The van der Waals surface area contributed by atoms with E-state index in [9.17, 15) is 8.42 Å². The molecular formula is C10H17NO2S2. The molecular weight excluding hydrogens is 230 g/mol. The molecule has 0 spiro atoms. The minimum absolute atomic E-state index is 0.236. The van der Waals surface area contributed by atoms with Crippen LogP contribution in [0.25, 0.3) is 0 Å². The normalized spacial score (nSPS) is 14.0. The topological polar surface area (TPSA) is 46.2 Å². The van der Waals surface area contributed by atoms with Gasteiger partial charge in [-0.2, -0.15) is 11.3 Å². The zero-order valence-electron chi connectivity index (χ0n) is 9.06.